The lowest BCUT2D eigenvalue weighted by atomic mass is 10.2. The Morgan fingerprint density at radius 2 is 2.10 bits per heavy atom. The van der Waals surface area contributed by atoms with Crippen LogP contribution in [0.2, 0.25) is 0 Å². The smallest absolute Gasteiger partial charge is 0.315 e. The van der Waals surface area contributed by atoms with E-state index < -0.39 is 0 Å². The van der Waals surface area contributed by atoms with Crippen LogP contribution in [-0.4, -0.2) is 33.4 Å². The van der Waals surface area contributed by atoms with Crippen molar-refractivity contribution >= 4 is 6.01 Å². The van der Waals surface area contributed by atoms with Crippen LogP contribution in [0.15, 0.2) is 8.94 Å². The molecule has 0 unspecified atom stereocenters. The SMILES string of the molecule is Cc1nc(CCNc2nnc(CNCC(C)C)o2)no1. The number of anilines is 1. The number of nitrogens with one attached hydrogen (secondary N) is 2. The van der Waals surface area contributed by atoms with Crippen LogP contribution in [0.4, 0.5) is 6.01 Å². The van der Waals surface area contributed by atoms with Crippen LogP contribution in [0.3, 0.4) is 0 Å². The molecule has 20 heavy (non-hydrogen) atoms. The Hall–Kier alpha value is -1.96. The molecule has 0 fully saturated rings. The summed E-state index contributed by atoms with van der Waals surface area (Å²) in [5, 5.41) is 18.0. The standard InChI is InChI=1S/C12H20N6O2/c1-8(2)6-13-7-11-16-17-12(19-11)14-5-4-10-15-9(3)20-18-10/h8,13H,4-7H2,1-3H3,(H,14,17). The summed E-state index contributed by atoms with van der Waals surface area (Å²) in [6.45, 7) is 8.17. The van der Waals surface area contributed by atoms with Crippen molar-refractivity contribution < 1.29 is 8.94 Å². The van der Waals surface area contributed by atoms with Crippen LogP contribution in [0.5, 0.6) is 0 Å². The van der Waals surface area contributed by atoms with E-state index in [1.165, 1.54) is 0 Å². The molecule has 2 aromatic rings. The minimum absolute atomic E-state index is 0.409. The van der Waals surface area contributed by atoms with E-state index in [1.54, 1.807) is 6.92 Å². The molecule has 2 heterocycles. The number of hydrogen-bond acceptors (Lipinski definition) is 8. The summed E-state index contributed by atoms with van der Waals surface area (Å²) in [4.78, 5) is 4.11. The first-order valence-electron chi connectivity index (χ1n) is 6.69. The first kappa shape index (κ1) is 14.4. The van der Waals surface area contributed by atoms with E-state index in [1.807, 2.05) is 0 Å². The Bertz CT molecular complexity index is 522. The Labute approximate surface area is 117 Å². The molecule has 0 amide bonds. The van der Waals surface area contributed by atoms with Gasteiger partial charge < -0.3 is 19.6 Å². The largest absolute Gasteiger partial charge is 0.407 e. The van der Waals surface area contributed by atoms with Gasteiger partial charge in [0.15, 0.2) is 5.82 Å². The highest BCUT2D eigenvalue weighted by molar-refractivity contribution is 5.16. The molecule has 0 bridgehead atoms. The van der Waals surface area contributed by atoms with Crippen molar-refractivity contribution in [1.82, 2.24) is 25.7 Å². The summed E-state index contributed by atoms with van der Waals surface area (Å²) in [7, 11) is 0. The molecule has 2 rings (SSSR count). The summed E-state index contributed by atoms with van der Waals surface area (Å²) in [6.07, 6.45) is 0.640. The molecule has 0 aliphatic rings. The van der Waals surface area contributed by atoms with E-state index in [4.69, 9.17) is 8.94 Å². The lowest BCUT2D eigenvalue weighted by Gasteiger charge is -2.03. The third kappa shape index (κ3) is 4.61. The molecule has 0 saturated carbocycles. The summed E-state index contributed by atoms with van der Waals surface area (Å²) < 4.78 is 10.3. The Kier molecular flexibility index (Phi) is 5.05. The van der Waals surface area contributed by atoms with Gasteiger partial charge in [-0.1, -0.05) is 24.1 Å². The molecule has 8 nitrogen and oxygen atoms in total. The third-order valence-electron chi connectivity index (χ3n) is 2.49. The Balaban J connectivity index is 1.69. The minimum Gasteiger partial charge on any atom is -0.407 e. The Morgan fingerprint density at radius 1 is 1.25 bits per heavy atom. The highest BCUT2D eigenvalue weighted by Crippen LogP contribution is 2.05. The lowest BCUT2D eigenvalue weighted by molar-refractivity contribution is 0.387. The second kappa shape index (κ2) is 6.99. The van der Waals surface area contributed by atoms with Crippen LogP contribution in [0.25, 0.3) is 0 Å². The maximum atomic E-state index is 5.45. The van der Waals surface area contributed by atoms with E-state index in [0.717, 1.165) is 6.54 Å². The third-order valence-corrected chi connectivity index (χ3v) is 2.49. The molecule has 0 radical (unpaired) electrons. The van der Waals surface area contributed by atoms with Gasteiger partial charge in [-0.25, -0.2) is 0 Å². The van der Waals surface area contributed by atoms with Gasteiger partial charge in [-0.3, -0.25) is 0 Å². The van der Waals surface area contributed by atoms with Gasteiger partial charge in [0.25, 0.3) is 0 Å². The summed E-state index contributed by atoms with van der Waals surface area (Å²) >= 11 is 0. The molecule has 8 heteroatoms. The number of aryl methyl sites for hydroxylation is 1. The molecule has 0 spiro atoms. The molecule has 0 aliphatic carbocycles. The van der Waals surface area contributed by atoms with Gasteiger partial charge in [0.2, 0.25) is 11.8 Å². The molecular weight excluding hydrogens is 260 g/mol. The molecular formula is C12H20N6O2. The maximum absolute atomic E-state index is 5.45. The number of aromatic nitrogens is 4. The van der Waals surface area contributed by atoms with E-state index in [2.05, 4.69) is 44.8 Å². The second-order valence-electron chi connectivity index (χ2n) is 4.93. The van der Waals surface area contributed by atoms with Crippen molar-refractivity contribution in [2.75, 3.05) is 18.4 Å². The van der Waals surface area contributed by atoms with Gasteiger partial charge in [-0.05, 0) is 12.5 Å². The molecule has 0 aliphatic heterocycles. The van der Waals surface area contributed by atoms with E-state index in [9.17, 15) is 0 Å². The summed E-state index contributed by atoms with van der Waals surface area (Å²) in [6, 6.07) is 0.409. The highest BCUT2D eigenvalue weighted by atomic mass is 16.5. The minimum atomic E-state index is 0.409. The normalized spacial score (nSPS) is 11.2. The molecule has 2 N–H and O–H groups in total. The zero-order chi connectivity index (χ0) is 14.4. The van der Waals surface area contributed by atoms with Gasteiger partial charge in [0.1, 0.15) is 0 Å². The van der Waals surface area contributed by atoms with Crippen molar-refractivity contribution in [3.63, 3.8) is 0 Å². The topological polar surface area (TPSA) is 102 Å². The maximum Gasteiger partial charge on any atom is 0.315 e. The summed E-state index contributed by atoms with van der Waals surface area (Å²) in [5.74, 6) is 2.39. The van der Waals surface area contributed by atoms with Gasteiger partial charge in [-0.2, -0.15) is 4.98 Å². The first-order chi connectivity index (χ1) is 9.63. The number of rotatable bonds is 8. The van der Waals surface area contributed by atoms with E-state index >= 15 is 0 Å². The van der Waals surface area contributed by atoms with Crippen molar-refractivity contribution in [2.45, 2.75) is 33.7 Å². The molecule has 2 aromatic heterocycles. The zero-order valence-electron chi connectivity index (χ0n) is 12.0. The van der Waals surface area contributed by atoms with Crippen LogP contribution < -0.4 is 10.6 Å². The van der Waals surface area contributed by atoms with Gasteiger partial charge in [-0.15, -0.1) is 5.10 Å². The van der Waals surface area contributed by atoms with Crippen LogP contribution in [0.1, 0.15) is 31.5 Å². The second-order valence-corrected chi connectivity index (χ2v) is 4.93. The van der Waals surface area contributed by atoms with E-state index in [0.29, 0.717) is 49.0 Å². The molecule has 0 aromatic carbocycles. The quantitative estimate of drug-likeness (QED) is 0.742. The van der Waals surface area contributed by atoms with Crippen molar-refractivity contribution in [2.24, 2.45) is 5.92 Å². The van der Waals surface area contributed by atoms with Crippen LogP contribution >= 0.6 is 0 Å². The predicted octanol–water partition coefficient (Wildman–Crippen LogP) is 1.16. The Morgan fingerprint density at radius 3 is 2.80 bits per heavy atom. The fourth-order valence-corrected chi connectivity index (χ4v) is 1.59. The summed E-state index contributed by atoms with van der Waals surface area (Å²) in [5.41, 5.74) is 0. The fraction of sp³-hybridized carbons (Fsp3) is 0.667. The van der Waals surface area contributed by atoms with E-state index in [-0.39, 0.29) is 0 Å². The zero-order valence-corrected chi connectivity index (χ0v) is 12.0. The van der Waals surface area contributed by atoms with Crippen molar-refractivity contribution in [1.29, 1.82) is 0 Å². The van der Waals surface area contributed by atoms with Crippen molar-refractivity contribution in [3.8, 4) is 0 Å². The monoisotopic (exact) mass is 280 g/mol. The average Bonchev–Trinajstić information content (AvgIpc) is 2.99. The van der Waals surface area contributed by atoms with Crippen LogP contribution in [0, 0.1) is 12.8 Å². The van der Waals surface area contributed by atoms with Crippen molar-refractivity contribution in [3.05, 3.63) is 17.6 Å². The predicted molar refractivity (Wildman–Crippen MR) is 72.1 cm³/mol. The molecule has 110 valence electrons. The average molecular weight is 280 g/mol. The van der Waals surface area contributed by atoms with Crippen LogP contribution in [-0.2, 0) is 13.0 Å². The number of hydrogen-bond donors (Lipinski definition) is 2. The lowest BCUT2D eigenvalue weighted by Crippen LogP contribution is -2.19. The number of nitrogens with zero attached hydrogens (tertiary/aromatic N) is 4. The molecule has 0 atom stereocenters. The van der Waals surface area contributed by atoms with Gasteiger partial charge >= 0.3 is 6.01 Å². The highest BCUT2D eigenvalue weighted by Gasteiger charge is 2.06. The van der Waals surface area contributed by atoms with Gasteiger partial charge in [0.05, 0.1) is 6.54 Å². The van der Waals surface area contributed by atoms with Gasteiger partial charge in [0, 0.05) is 19.9 Å². The first-order valence-corrected chi connectivity index (χ1v) is 6.69. The molecule has 0 saturated heterocycles. The fourth-order valence-electron chi connectivity index (χ4n) is 1.59.